The van der Waals surface area contributed by atoms with E-state index in [0.29, 0.717) is 31.0 Å². The van der Waals surface area contributed by atoms with E-state index in [0.717, 1.165) is 16.8 Å². The van der Waals surface area contributed by atoms with Crippen molar-refractivity contribution < 1.29 is 9.32 Å². The van der Waals surface area contributed by atoms with Crippen molar-refractivity contribution in [3.8, 4) is 0 Å². The molecule has 0 spiro atoms. The van der Waals surface area contributed by atoms with Crippen molar-refractivity contribution in [3.63, 3.8) is 0 Å². The number of hydrogen-bond acceptors (Lipinski definition) is 4. The molecule has 24 heavy (non-hydrogen) atoms. The second-order valence-corrected chi connectivity index (χ2v) is 5.68. The van der Waals surface area contributed by atoms with Crippen molar-refractivity contribution >= 4 is 11.6 Å². The first-order valence-corrected chi connectivity index (χ1v) is 7.91. The largest absolute Gasteiger partial charge is 0.339 e. The molecule has 0 saturated carbocycles. The highest BCUT2D eigenvalue weighted by molar-refractivity contribution is 5.90. The van der Waals surface area contributed by atoms with Gasteiger partial charge in [0.15, 0.2) is 5.82 Å². The third kappa shape index (κ3) is 4.52. The first kappa shape index (κ1) is 15.9. The molecule has 1 heterocycles. The maximum Gasteiger partial charge on any atom is 0.227 e. The molecular formula is C19H19N3O2. The van der Waals surface area contributed by atoms with Crippen molar-refractivity contribution in [2.45, 2.75) is 26.2 Å². The van der Waals surface area contributed by atoms with E-state index >= 15 is 0 Å². The quantitative estimate of drug-likeness (QED) is 0.754. The highest BCUT2D eigenvalue weighted by Crippen LogP contribution is 2.11. The topological polar surface area (TPSA) is 68.0 Å². The number of rotatable bonds is 6. The Balaban J connectivity index is 1.51. The number of benzene rings is 2. The fourth-order valence-corrected chi connectivity index (χ4v) is 2.41. The summed E-state index contributed by atoms with van der Waals surface area (Å²) in [6, 6.07) is 17.7. The van der Waals surface area contributed by atoms with Crippen LogP contribution in [0.4, 0.5) is 5.69 Å². The smallest absolute Gasteiger partial charge is 0.227 e. The third-order valence-corrected chi connectivity index (χ3v) is 3.58. The molecule has 0 saturated heterocycles. The molecule has 5 heteroatoms. The number of nitrogens with one attached hydrogen (secondary N) is 1. The Hall–Kier alpha value is -2.95. The summed E-state index contributed by atoms with van der Waals surface area (Å²) in [5, 5.41) is 6.84. The van der Waals surface area contributed by atoms with E-state index < -0.39 is 0 Å². The summed E-state index contributed by atoms with van der Waals surface area (Å²) >= 11 is 0. The lowest BCUT2D eigenvalue weighted by molar-refractivity contribution is -0.116. The summed E-state index contributed by atoms with van der Waals surface area (Å²) in [5.41, 5.74) is 3.03. The van der Waals surface area contributed by atoms with E-state index in [4.69, 9.17) is 4.52 Å². The average molecular weight is 321 g/mol. The lowest BCUT2D eigenvalue weighted by Gasteiger charge is -2.04. The lowest BCUT2D eigenvalue weighted by Crippen LogP contribution is -2.12. The van der Waals surface area contributed by atoms with Gasteiger partial charge in [-0.1, -0.05) is 47.6 Å². The summed E-state index contributed by atoms with van der Waals surface area (Å²) in [6.45, 7) is 1.99. The van der Waals surface area contributed by atoms with Crippen molar-refractivity contribution in [2.75, 3.05) is 5.32 Å². The van der Waals surface area contributed by atoms with Crippen molar-refractivity contribution in [1.29, 1.82) is 0 Å². The average Bonchev–Trinajstić information content (AvgIpc) is 3.01. The molecule has 0 fully saturated rings. The molecule has 0 atom stereocenters. The van der Waals surface area contributed by atoms with E-state index in [-0.39, 0.29) is 5.91 Å². The van der Waals surface area contributed by atoms with Gasteiger partial charge in [0.05, 0.1) is 0 Å². The molecule has 0 aliphatic rings. The minimum atomic E-state index is -0.0663. The first-order valence-electron chi connectivity index (χ1n) is 7.91. The van der Waals surface area contributed by atoms with Gasteiger partial charge in [-0.25, -0.2) is 0 Å². The summed E-state index contributed by atoms with van der Waals surface area (Å²) in [7, 11) is 0. The number of aryl methyl sites for hydroxylation is 2. The maximum absolute atomic E-state index is 12.0. The Morgan fingerprint density at radius 1 is 1.12 bits per heavy atom. The molecule has 1 aromatic heterocycles. The minimum absolute atomic E-state index is 0.0663. The molecule has 2 aromatic carbocycles. The van der Waals surface area contributed by atoms with Crippen molar-refractivity contribution in [3.05, 3.63) is 77.4 Å². The van der Waals surface area contributed by atoms with Crippen molar-refractivity contribution in [2.24, 2.45) is 0 Å². The molecule has 0 aliphatic heterocycles. The summed E-state index contributed by atoms with van der Waals surface area (Å²) in [6.07, 6.45) is 1.36. The summed E-state index contributed by atoms with van der Waals surface area (Å²) in [5.74, 6) is 1.05. The zero-order valence-corrected chi connectivity index (χ0v) is 13.5. The van der Waals surface area contributed by atoms with E-state index in [1.807, 2.05) is 61.5 Å². The molecule has 5 nitrogen and oxygen atoms in total. The zero-order chi connectivity index (χ0) is 16.8. The van der Waals surface area contributed by atoms with Crippen molar-refractivity contribution in [1.82, 2.24) is 10.1 Å². The van der Waals surface area contributed by atoms with Gasteiger partial charge in [0, 0.05) is 24.9 Å². The van der Waals surface area contributed by atoms with Crippen LogP contribution in [-0.2, 0) is 17.6 Å². The second-order valence-electron chi connectivity index (χ2n) is 5.68. The van der Waals surface area contributed by atoms with E-state index in [1.165, 1.54) is 0 Å². The van der Waals surface area contributed by atoms with E-state index in [9.17, 15) is 4.79 Å². The van der Waals surface area contributed by atoms with Crippen LogP contribution in [0.25, 0.3) is 0 Å². The molecule has 3 rings (SSSR count). The highest BCUT2D eigenvalue weighted by Gasteiger charge is 2.10. The van der Waals surface area contributed by atoms with Gasteiger partial charge in [-0.05, 0) is 30.2 Å². The van der Waals surface area contributed by atoms with Gasteiger partial charge in [-0.3, -0.25) is 4.79 Å². The van der Waals surface area contributed by atoms with Crippen LogP contribution in [0.3, 0.4) is 0 Å². The maximum atomic E-state index is 12.0. The fourth-order valence-electron chi connectivity index (χ4n) is 2.41. The van der Waals surface area contributed by atoms with Gasteiger partial charge >= 0.3 is 0 Å². The number of nitrogens with zero attached hydrogens (tertiary/aromatic N) is 2. The van der Waals surface area contributed by atoms with Crippen LogP contribution < -0.4 is 5.32 Å². The van der Waals surface area contributed by atoms with E-state index in [2.05, 4.69) is 15.5 Å². The summed E-state index contributed by atoms with van der Waals surface area (Å²) in [4.78, 5) is 16.3. The van der Waals surface area contributed by atoms with Crippen LogP contribution in [0.15, 0.2) is 59.1 Å². The Bertz CT molecular complexity index is 812. The Labute approximate surface area is 140 Å². The van der Waals surface area contributed by atoms with Gasteiger partial charge in [0.2, 0.25) is 11.8 Å². The third-order valence-electron chi connectivity index (χ3n) is 3.58. The molecule has 0 radical (unpaired) electrons. The number of aromatic nitrogens is 2. The van der Waals surface area contributed by atoms with Crippen LogP contribution in [0.5, 0.6) is 0 Å². The standard InChI is InChI=1S/C19H19N3O2/c1-14-6-5-9-16(12-14)20-18(23)10-11-19-21-17(22-24-19)13-15-7-3-2-4-8-15/h2-9,12H,10-11,13H2,1H3,(H,20,23). The Morgan fingerprint density at radius 3 is 2.75 bits per heavy atom. The zero-order valence-electron chi connectivity index (χ0n) is 13.5. The summed E-state index contributed by atoms with van der Waals surface area (Å²) < 4.78 is 5.22. The molecule has 0 aliphatic carbocycles. The van der Waals surface area contributed by atoms with Gasteiger partial charge in [0.25, 0.3) is 0 Å². The van der Waals surface area contributed by atoms with Crippen LogP contribution in [-0.4, -0.2) is 16.0 Å². The van der Waals surface area contributed by atoms with Crippen LogP contribution >= 0.6 is 0 Å². The molecule has 0 unspecified atom stereocenters. The lowest BCUT2D eigenvalue weighted by atomic mass is 10.1. The molecule has 3 aromatic rings. The number of hydrogen-bond donors (Lipinski definition) is 1. The van der Waals surface area contributed by atoms with E-state index in [1.54, 1.807) is 0 Å². The highest BCUT2D eigenvalue weighted by atomic mass is 16.5. The molecule has 1 amide bonds. The normalized spacial score (nSPS) is 10.5. The molecule has 122 valence electrons. The first-order chi connectivity index (χ1) is 11.7. The minimum Gasteiger partial charge on any atom is -0.339 e. The van der Waals surface area contributed by atoms with Gasteiger partial charge in [0.1, 0.15) is 0 Å². The van der Waals surface area contributed by atoms with Crippen LogP contribution in [0.2, 0.25) is 0 Å². The molecular weight excluding hydrogens is 302 g/mol. The molecule has 1 N–H and O–H groups in total. The van der Waals surface area contributed by atoms with Gasteiger partial charge in [-0.2, -0.15) is 4.98 Å². The predicted octanol–water partition coefficient (Wildman–Crippen LogP) is 3.54. The number of carbonyl (C=O) groups is 1. The van der Waals surface area contributed by atoms with Crippen LogP contribution in [0, 0.1) is 6.92 Å². The number of carbonyl (C=O) groups excluding carboxylic acids is 1. The predicted molar refractivity (Wildman–Crippen MR) is 91.7 cm³/mol. The van der Waals surface area contributed by atoms with Crippen LogP contribution in [0.1, 0.15) is 29.3 Å². The SMILES string of the molecule is Cc1cccc(NC(=O)CCc2nc(Cc3ccccc3)no2)c1. The molecule has 0 bridgehead atoms. The number of anilines is 1. The van der Waals surface area contributed by atoms with Gasteiger partial charge in [-0.15, -0.1) is 0 Å². The second kappa shape index (κ2) is 7.55. The Kier molecular flexibility index (Phi) is 5.01. The number of amides is 1. The Morgan fingerprint density at radius 2 is 1.96 bits per heavy atom. The fraction of sp³-hybridized carbons (Fsp3) is 0.211. The monoisotopic (exact) mass is 321 g/mol. The van der Waals surface area contributed by atoms with Gasteiger partial charge < -0.3 is 9.84 Å².